The molecule has 18 heavy (non-hydrogen) atoms. The molecule has 0 amide bonds. The Bertz CT molecular complexity index is 328. The number of halogens is 1. The van der Waals surface area contributed by atoms with Crippen LogP contribution >= 0.6 is 0 Å². The molecule has 0 heterocycles. The van der Waals surface area contributed by atoms with Crippen LogP contribution in [-0.4, -0.2) is 19.0 Å². The lowest BCUT2D eigenvalue weighted by Gasteiger charge is -2.09. The topological polar surface area (TPSA) is 73.7 Å². The van der Waals surface area contributed by atoms with Gasteiger partial charge in [-0.2, -0.15) is 0 Å². The summed E-state index contributed by atoms with van der Waals surface area (Å²) in [5.74, 6) is -0.149. The van der Waals surface area contributed by atoms with Crippen LogP contribution in [0.4, 0.5) is 4.39 Å². The van der Waals surface area contributed by atoms with Gasteiger partial charge in [0.2, 0.25) is 0 Å². The highest BCUT2D eigenvalue weighted by atomic mass is 19.1. The Morgan fingerprint density at radius 3 is 2.72 bits per heavy atom. The van der Waals surface area contributed by atoms with E-state index in [0.29, 0.717) is 6.61 Å². The van der Waals surface area contributed by atoms with Crippen molar-refractivity contribution in [1.29, 1.82) is 0 Å². The fourth-order valence-electron chi connectivity index (χ4n) is 1.40. The van der Waals surface area contributed by atoms with Crippen molar-refractivity contribution in [3.8, 4) is 5.75 Å². The maximum atomic E-state index is 12.8. The molecule has 0 aliphatic heterocycles. The van der Waals surface area contributed by atoms with E-state index in [1.165, 1.54) is 18.2 Å². The van der Waals surface area contributed by atoms with Crippen molar-refractivity contribution in [2.24, 2.45) is 0 Å². The van der Waals surface area contributed by atoms with Crippen LogP contribution in [0, 0.1) is 5.82 Å². The van der Waals surface area contributed by atoms with Gasteiger partial charge in [0.1, 0.15) is 11.6 Å². The van der Waals surface area contributed by atoms with Crippen molar-refractivity contribution in [2.75, 3.05) is 6.61 Å². The van der Waals surface area contributed by atoms with Crippen LogP contribution < -0.4 is 10.8 Å². The number of benzene rings is 1. The average molecular weight is 257 g/mol. The number of unbranched alkanes of at least 4 members (excludes halogenated alkanes) is 3. The summed E-state index contributed by atoms with van der Waals surface area (Å²) in [6.45, 7) is 2.57. The Morgan fingerprint density at radius 2 is 2.06 bits per heavy atom. The SMILES string of the molecule is CCCCCCOB(O)Oc1cccc(F)c1.N. The third kappa shape index (κ3) is 7.27. The molecular weight excluding hydrogens is 236 g/mol. The summed E-state index contributed by atoms with van der Waals surface area (Å²) in [5, 5.41) is 9.38. The molecule has 0 aliphatic rings. The molecule has 1 aromatic rings. The Labute approximate surface area is 108 Å². The van der Waals surface area contributed by atoms with Crippen LogP contribution in [0.25, 0.3) is 0 Å². The quantitative estimate of drug-likeness (QED) is 0.554. The Hall–Kier alpha value is -1.11. The molecule has 0 unspecified atom stereocenters. The lowest BCUT2D eigenvalue weighted by molar-refractivity contribution is 0.189. The van der Waals surface area contributed by atoms with Gasteiger partial charge in [0.25, 0.3) is 0 Å². The van der Waals surface area contributed by atoms with Crippen LogP contribution in [0.1, 0.15) is 32.6 Å². The molecule has 4 nitrogen and oxygen atoms in total. The molecule has 0 spiro atoms. The van der Waals surface area contributed by atoms with Crippen molar-refractivity contribution in [2.45, 2.75) is 32.6 Å². The largest absolute Gasteiger partial charge is 0.710 e. The predicted octanol–water partition coefficient (Wildman–Crippen LogP) is 2.94. The highest BCUT2D eigenvalue weighted by Crippen LogP contribution is 2.12. The minimum atomic E-state index is -1.33. The molecule has 1 aromatic carbocycles. The summed E-state index contributed by atoms with van der Waals surface area (Å²) < 4.78 is 22.8. The van der Waals surface area contributed by atoms with Crippen LogP contribution in [0.2, 0.25) is 0 Å². The van der Waals surface area contributed by atoms with E-state index in [2.05, 4.69) is 6.92 Å². The first kappa shape index (κ1) is 16.9. The fraction of sp³-hybridized carbons (Fsp3) is 0.500. The van der Waals surface area contributed by atoms with Crippen LogP contribution in [-0.2, 0) is 4.65 Å². The van der Waals surface area contributed by atoms with Gasteiger partial charge in [-0.25, -0.2) is 4.39 Å². The smallest absolute Gasteiger partial charge is 0.512 e. The van der Waals surface area contributed by atoms with Crippen LogP contribution in [0.5, 0.6) is 5.75 Å². The summed E-state index contributed by atoms with van der Waals surface area (Å²) in [7, 11) is -1.33. The summed E-state index contributed by atoms with van der Waals surface area (Å²) in [4.78, 5) is 0. The average Bonchev–Trinajstić information content (AvgIpc) is 2.29. The molecule has 0 aliphatic carbocycles. The molecule has 1 rings (SSSR count). The van der Waals surface area contributed by atoms with Crippen LogP contribution in [0.3, 0.4) is 0 Å². The molecule has 6 heteroatoms. The van der Waals surface area contributed by atoms with Crippen LogP contribution in [0.15, 0.2) is 24.3 Å². The first-order chi connectivity index (χ1) is 8.22. The summed E-state index contributed by atoms with van der Waals surface area (Å²) in [6.07, 6.45) is 4.27. The Kier molecular flexibility index (Phi) is 9.27. The van der Waals surface area contributed by atoms with E-state index in [1.54, 1.807) is 6.07 Å². The first-order valence-corrected chi connectivity index (χ1v) is 5.94. The summed E-state index contributed by atoms with van der Waals surface area (Å²) in [5.41, 5.74) is 0. The second-order valence-corrected chi connectivity index (χ2v) is 3.81. The normalized spacial score (nSPS) is 9.72. The van der Waals surface area contributed by atoms with Gasteiger partial charge in [0, 0.05) is 12.7 Å². The fourth-order valence-corrected chi connectivity index (χ4v) is 1.40. The standard InChI is InChI=1S/C12H18BFO3.H3N/c1-2-3-4-5-9-16-13(15)17-12-8-6-7-11(14)10-12;/h6-8,10,15H,2-5,9H2,1H3;1H3. The van der Waals surface area contributed by atoms with E-state index in [9.17, 15) is 9.41 Å². The minimum absolute atomic E-state index is 0. The lowest BCUT2D eigenvalue weighted by atomic mass is 10.2. The van der Waals surface area contributed by atoms with Gasteiger partial charge in [-0.3, -0.25) is 0 Å². The zero-order valence-electron chi connectivity index (χ0n) is 10.8. The number of rotatable bonds is 8. The van der Waals surface area contributed by atoms with E-state index in [1.807, 2.05) is 0 Å². The zero-order chi connectivity index (χ0) is 12.5. The van der Waals surface area contributed by atoms with Crippen molar-refractivity contribution in [3.05, 3.63) is 30.1 Å². The monoisotopic (exact) mass is 257 g/mol. The molecule has 0 fully saturated rings. The van der Waals surface area contributed by atoms with Gasteiger partial charge in [0.15, 0.2) is 0 Å². The van der Waals surface area contributed by atoms with E-state index in [-0.39, 0.29) is 11.9 Å². The second kappa shape index (κ2) is 9.88. The summed E-state index contributed by atoms with van der Waals surface area (Å²) in [6, 6.07) is 5.58. The Morgan fingerprint density at radius 1 is 1.28 bits per heavy atom. The van der Waals surface area contributed by atoms with Crippen molar-refractivity contribution in [3.63, 3.8) is 0 Å². The van der Waals surface area contributed by atoms with Gasteiger partial charge < -0.3 is 20.5 Å². The molecule has 0 saturated carbocycles. The maximum absolute atomic E-state index is 12.8. The first-order valence-electron chi connectivity index (χ1n) is 5.94. The lowest BCUT2D eigenvalue weighted by Crippen LogP contribution is -2.26. The number of hydrogen-bond donors (Lipinski definition) is 2. The third-order valence-corrected chi connectivity index (χ3v) is 2.29. The molecular formula is C12H21BFNO3. The van der Waals surface area contributed by atoms with E-state index < -0.39 is 13.1 Å². The van der Waals surface area contributed by atoms with E-state index in [0.717, 1.165) is 25.7 Å². The van der Waals surface area contributed by atoms with E-state index >= 15 is 0 Å². The van der Waals surface area contributed by atoms with E-state index in [4.69, 9.17) is 9.31 Å². The van der Waals surface area contributed by atoms with Crippen molar-refractivity contribution < 1.29 is 18.7 Å². The summed E-state index contributed by atoms with van der Waals surface area (Å²) >= 11 is 0. The third-order valence-electron chi connectivity index (χ3n) is 2.29. The van der Waals surface area contributed by atoms with Gasteiger partial charge in [0.05, 0.1) is 0 Å². The molecule has 0 atom stereocenters. The number of hydrogen-bond acceptors (Lipinski definition) is 4. The maximum Gasteiger partial charge on any atom is 0.710 e. The second-order valence-electron chi connectivity index (χ2n) is 3.81. The van der Waals surface area contributed by atoms with Gasteiger partial charge in [-0.15, -0.1) is 0 Å². The Balaban J connectivity index is 0.00000289. The van der Waals surface area contributed by atoms with Crippen molar-refractivity contribution >= 4 is 7.32 Å². The van der Waals surface area contributed by atoms with Gasteiger partial charge >= 0.3 is 7.32 Å². The van der Waals surface area contributed by atoms with Gasteiger partial charge in [-0.05, 0) is 18.6 Å². The molecule has 0 radical (unpaired) electrons. The predicted molar refractivity (Wildman–Crippen MR) is 70.1 cm³/mol. The zero-order valence-corrected chi connectivity index (χ0v) is 10.8. The van der Waals surface area contributed by atoms with Crippen molar-refractivity contribution in [1.82, 2.24) is 6.15 Å². The molecule has 102 valence electrons. The minimum Gasteiger partial charge on any atom is -0.512 e. The molecule has 0 bridgehead atoms. The molecule has 0 saturated heterocycles. The highest BCUT2D eigenvalue weighted by molar-refractivity contribution is 6.35. The molecule has 4 N–H and O–H groups in total. The highest BCUT2D eigenvalue weighted by Gasteiger charge is 2.17. The van der Waals surface area contributed by atoms with Gasteiger partial charge in [-0.1, -0.05) is 32.3 Å². The molecule has 0 aromatic heterocycles.